The average Bonchev–Trinajstić information content (AvgIpc) is 2.45. The zero-order chi connectivity index (χ0) is 15.0. The number of para-hydroxylation sites is 1. The minimum absolute atomic E-state index is 0.134. The molecule has 0 radical (unpaired) electrons. The van der Waals surface area contributed by atoms with E-state index < -0.39 is 0 Å². The van der Waals surface area contributed by atoms with E-state index in [1.54, 1.807) is 0 Å². The van der Waals surface area contributed by atoms with Gasteiger partial charge in [0.25, 0.3) is 0 Å². The number of quaternary nitrogens is 1. The molecule has 3 rings (SSSR count). The summed E-state index contributed by atoms with van der Waals surface area (Å²) in [5.74, 6) is 0.753. The van der Waals surface area contributed by atoms with E-state index in [2.05, 4.69) is 11.9 Å². The number of hydrogen-bond acceptors (Lipinski definition) is 1. The fourth-order valence-corrected chi connectivity index (χ4v) is 3.68. The Hall–Kier alpha value is -1.32. The SMILES string of the molecule is Cc1[nH]c2c(Cl)cccc2c(=O)c1C[NH+]1CCC[C@H](C)C1. The highest BCUT2D eigenvalue weighted by molar-refractivity contribution is 6.35. The van der Waals surface area contributed by atoms with E-state index in [-0.39, 0.29) is 5.43 Å². The first-order chi connectivity index (χ1) is 10.1. The summed E-state index contributed by atoms with van der Waals surface area (Å²) >= 11 is 6.19. The summed E-state index contributed by atoms with van der Waals surface area (Å²) in [6.45, 7) is 7.42. The lowest BCUT2D eigenvalue weighted by atomic mass is 9.99. The summed E-state index contributed by atoms with van der Waals surface area (Å²) in [7, 11) is 0. The molecular formula is C17H22ClN2O+. The molecule has 0 saturated carbocycles. The molecular weight excluding hydrogens is 284 g/mol. The molecule has 1 fully saturated rings. The quantitative estimate of drug-likeness (QED) is 0.878. The van der Waals surface area contributed by atoms with Crippen molar-refractivity contribution in [1.29, 1.82) is 0 Å². The molecule has 4 heteroatoms. The molecule has 0 spiro atoms. The number of pyridine rings is 1. The van der Waals surface area contributed by atoms with Crippen molar-refractivity contribution in [2.75, 3.05) is 13.1 Å². The number of H-pyrrole nitrogens is 1. The molecule has 2 heterocycles. The van der Waals surface area contributed by atoms with Crippen molar-refractivity contribution in [3.63, 3.8) is 0 Å². The maximum absolute atomic E-state index is 12.8. The summed E-state index contributed by atoms with van der Waals surface area (Å²) < 4.78 is 0. The summed E-state index contributed by atoms with van der Waals surface area (Å²) in [6.07, 6.45) is 2.57. The second-order valence-corrected chi connectivity index (χ2v) is 6.76. The molecule has 0 amide bonds. The number of rotatable bonds is 2. The van der Waals surface area contributed by atoms with Gasteiger partial charge < -0.3 is 9.88 Å². The Labute approximate surface area is 129 Å². The first kappa shape index (κ1) is 14.6. The van der Waals surface area contributed by atoms with Crippen LogP contribution in [-0.2, 0) is 6.54 Å². The van der Waals surface area contributed by atoms with Gasteiger partial charge in [0, 0.05) is 17.0 Å². The summed E-state index contributed by atoms with van der Waals surface area (Å²) in [4.78, 5) is 17.6. The average molecular weight is 306 g/mol. The van der Waals surface area contributed by atoms with Crippen molar-refractivity contribution in [3.8, 4) is 0 Å². The van der Waals surface area contributed by atoms with Crippen molar-refractivity contribution < 1.29 is 4.90 Å². The molecule has 0 aliphatic carbocycles. The maximum Gasteiger partial charge on any atom is 0.198 e. The molecule has 112 valence electrons. The van der Waals surface area contributed by atoms with Gasteiger partial charge >= 0.3 is 0 Å². The van der Waals surface area contributed by atoms with E-state index in [9.17, 15) is 4.79 Å². The number of aryl methyl sites for hydroxylation is 1. The fourth-order valence-electron chi connectivity index (χ4n) is 3.46. The summed E-state index contributed by atoms with van der Waals surface area (Å²) in [5, 5.41) is 1.31. The highest BCUT2D eigenvalue weighted by Gasteiger charge is 2.22. The number of benzene rings is 1. The van der Waals surface area contributed by atoms with Gasteiger partial charge in [-0.2, -0.15) is 0 Å². The predicted octanol–water partition coefficient (Wildman–Crippen LogP) is 2.30. The lowest BCUT2D eigenvalue weighted by Gasteiger charge is -2.28. The Morgan fingerprint density at radius 3 is 3.00 bits per heavy atom. The lowest BCUT2D eigenvalue weighted by Crippen LogP contribution is -3.12. The number of likely N-dealkylation sites (tertiary alicyclic amines) is 1. The smallest absolute Gasteiger partial charge is 0.198 e. The van der Waals surface area contributed by atoms with Crippen LogP contribution in [-0.4, -0.2) is 18.1 Å². The maximum atomic E-state index is 12.8. The molecule has 1 aliphatic rings. The van der Waals surface area contributed by atoms with Crippen molar-refractivity contribution in [2.45, 2.75) is 33.2 Å². The van der Waals surface area contributed by atoms with Gasteiger partial charge in [0.05, 0.1) is 29.2 Å². The number of piperidine rings is 1. The first-order valence-corrected chi connectivity index (χ1v) is 8.07. The number of nitrogens with one attached hydrogen (secondary N) is 2. The van der Waals surface area contributed by atoms with Gasteiger partial charge in [-0.15, -0.1) is 0 Å². The topological polar surface area (TPSA) is 37.3 Å². The Kier molecular flexibility index (Phi) is 4.05. The van der Waals surface area contributed by atoms with Gasteiger partial charge in [-0.05, 0) is 31.9 Å². The van der Waals surface area contributed by atoms with Crippen LogP contribution in [0.25, 0.3) is 10.9 Å². The Morgan fingerprint density at radius 2 is 2.24 bits per heavy atom. The van der Waals surface area contributed by atoms with Crippen LogP contribution in [0.2, 0.25) is 5.02 Å². The minimum Gasteiger partial charge on any atom is -0.357 e. The number of fused-ring (bicyclic) bond motifs is 1. The van der Waals surface area contributed by atoms with Crippen LogP contribution >= 0.6 is 11.6 Å². The third kappa shape index (κ3) is 2.85. The van der Waals surface area contributed by atoms with E-state index >= 15 is 0 Å². The standard InChI is InChI=1S/C17H21ClN2O/c1-11-5-4-8-20(9-11)10-14-12(2)19-16-13(17(14)21)6-3-7-15(16)18/h3,6-7,11H,4-5,8-10H2,1-2H3,(H,19,21)/p+1/t11-/m0/s1. The Bertz CT molecular complexity index is 723. The zero-order valence-corrected chi connectivity index (χ0v) is 13.4. The van der Waals surface area contributed by atoms with Crippen LogP contribution in [0.15, 0.2) is 23.0 Å². The fraction of sp³-hybridized carbons (Fsp3) is 0.471. The van der Waals surface area contributed by atoms with Crippen LogP contribution in [0.5, 0.6) is 0 Å². The van der Waals surface area contributed by atoms with Crippen LogP contribution < -0.4 is 10.3 Å². The van der Waals surface area contributed by atoms with Crippen LogP contribution in [0.3, 0.4) is 0 Å². The molecule has 1 aromatic heterocycles. The summed E-state index contributed by atoms with van der Waals surface area (Å²) in [5.41, 5.74) is 2.75. The Morgan fingerprint density at radius 1 is 1.43 bits per heavy atom. The van der Waals surface area contributed by atoms with Crippen LogP contribution in [0.1, 0.15) is 31.0 Å². The van der Waals surface area contributed by atoms with Crippen molar-refractivity contribution >= 4 is 22.5 Å². The van der Waals surface area contributed by atoms with Crippen LogP contribution in [0.4, 0.5) is 0 Å². The van der Waals surface area contributed by atoms with Crippen molar-refractivity contribution in [1.82, 2.24) is 4.98 Å². The van der Waals surface area contributed by atoms with Gasteiger partial charge in [0.1, 0.15) is 6.54 Å². The Balaban J connectivity index is 2.01. The molecule has 3 nitrogen and oxygen atoms in total. The van der Waals surface area contributed by atoms with E-state index in [1.165, 1.54) is 17.7 Å². The highest BCUT2D eigenvalue weighted by Crippen LogP contribution is 2.20. The first-order valence-electron chi connectivity index (χ1n) is 7.70. The van der Waals surface area contributed by atoms with Crippen molar-refractivity contribution in [3.05, 3.63) is 44.7 Å². The third-order valence-corrected chi connectivity index (χ3v) is 4.90. The minimum atomic E-state index is 0.134. The van der Waals surface area contributed by atoms with Crippen LogP contribution in [0, 0.1) is 12.8 Å². The predicted molar refractivity (Wildman–Crippen MR) is 87.1 cm³/mol. The number of aromatic amines is 1. The lowest BCUT2D eigenvalue weighted by molar-refractivity contribution is -0.922. The molecule has 2 aromatic rings. The van der Waals surface area contributed by atoms with E-state index in [4.69, 9.17) is 11.6 Å². The molecule has 2 atom stereocenters. The molecule has 0 bridgehead atoms. The second-order valence-electron chi connectivity index (χ2n) is 6.35. The summed E-state index contributed by atoms with van der Waals surface area (Å²) in [6, 6.07) is 5.52. The van der Waals surface area contributed by atoms with Gasteiger partial charge in [-0.3, -0.25) is 4.79 Å². The van der Waals surface area contributed by atoms with Crippen molar-refractivity contribution in [2.24, 2.45) is 5.92 Å². The van der Waals surface area contributed by atoms with Gasteiger partial charge in [0.15, 0.2) is 5.43 Å². The largest absolute Gasteiger partial charge is 0.357 e. The molecule has 1 unspecified atom stereocenters. The molecule has 1 aliphatic heterocycles. The van der Waals surface area contributed by atoms with E-state index in [1.807, 2.05) is 25.1 Å². The highest BCUT2D eigenvalue weighted by atomic mass is 35.5. The number of hydrogen-bond donors (Lipinski definition) is 2. The molecule has 1 aromatic carbocycles. The van der Waals surface area contributed by atoms with Gasteiger partial charge in [-0.25, -0.2) is 0 Å². The molecule has 2 N–H and O–H groups in total. The van der Waals surface area contributed by atoms with Gasteiger partial charge in [-0.1, -0.05) is 24.6 Å². The monoisotopic (exact) mass is 305 g/mol. The van der Waals surface area contributed by atoms with E-state index in [0.717, 1.165) is 42.3 Å². The number of halogens is 1. The zero-order valence-electron chi connectivity index (χ0n) is 12.6. The van der Waals surface area contributed by atoms with E-state index in [0.29, 0.717) is 10.4 Å². The third-order valence-electron chi connectivity index (χ3n) is 4.59. The molecule has 1 saturated heterocycles. The van der Waals surface area contributed by atoms with Gasteiger partial charge in [0.2, 0.25) is 0 Å². The second kappa shape index (κ2) is 5.82. The molecule has 21 heavy (non-hydrogen) atoms. The number of aromatic nitrogens is 1. The normalized spacial score (nSPS) is 22.6.